The number of carbonyl (C=O) groups is 1. The van der Waals surface area contributed by atoms with Crippen LogP contribution in [-0.4, -0.2) is 29.4 Å². The van der Waals surface area contributed by atoms with E-state index in [4.69, 9.17) is 0 Å². The lowest BCUT2D eigenvalue weighted by molar-refractivity contribution is -0.385. The van der Waals surface area contributed by atoms with Crippen LogP contribution in [0.15, 0.2) is 12.3 Å². The van der Waals surface area contributed by atoms with Gasteiger partial charge in [0.25, 0.3) is 11.6 Å². The SMILES string of the molecule is CCC(CC)CNC(=O)c1cc([N+](=O)[O-])cnc1NC. The maximum absolute atomic E-state index is 12.1. The van der Waals surface area contributed by atoms with Crippen molar-refractivity contribution in [3.8, 4) is 0 Å². The molecule has 0 aliphatic rings. The Bertz CT molecular complexity index is 487. The summed E-state index contributed by atoms with van der Waals surface area (Å²) in [6.07, 6.45) is 3.08. The fourth-order valence-electron chi connectivity index (χ4n) is 1.84. The van der Waals surface area contributed by atoms with E-state index < -0.39 is 4.92 Å². The van der Waals surface area contributed by atoms with Crippen molar-refractivity contribution in [2.45, 2.75) is 26.7 Å². The quantitative estimate of drug-likeness (QED) is 0.589. The number of nitro groups is 1. The van der Waals surface area contributed by atoms with Gasteiger partial charge in [0.1, 0.15) is 12.0 Å². The first-order valence-electron chi connectivity index (χ1n) is 6.63. The summed E-state index contributed by atoms with van der Waals surface area (Å²) in [5.74, 6) is 0.388. The molecule has 110 valence electrons. The highest BCUT2D eigenvalue weighted by atomic mass is 16.6. The van der Waals surface area contributed by atoms with Crippen LogP contribution in [0.2, 0.25) is 0 Å². The Labute approximate surface area is 117 Å². The zero-order valence-electron chi connectivity index (χ0n) is 12.0. The van der Waals surface area contributed by atoms with Crippen molar-refractivity contribution in [1.82, 2.24) is 10.3 Å². The molecule has 0 fully saturated rings. The van der Waals surface area contributed by atoms with E-state index in [1.54, 1.807) is 7.05 Å². The number of pyridine rings is 1. The summed E-state index contributed by atoms with van der Waals surface area (Å²) in [5.41, 5.74) is -0.00987. The van der Waals surface area contributed by atoms with E-state index in [0.29, 0.717) is 18.3 Å². The van der Waals surface area contributed by atoms with Gasteiger partial charge in [-0.15, -0.1) is 0 Å². The van der Waals surface area contributed by atoms with E-state index in [0.717, 1.165) is 19.0 Å². The first-order valence-corrected chi connectivity index (χ1v) is 6.63. The molecule has 1 amide bonds. The fourth-order valence-corrected chi connectivity index (χ4v) is 1.84. The van der Waals surface area contributed by atoms with Crippen molar-refractivity contribution in [1.29, 1.82) is 0 Å². The molecular formula is C13H20N4O3. The molecular weight excluding hydrogens is 260 g/mol. The maximum Gasteiger partial charge on any atom is 0.288 e. The Morgan fingerprint density at radius 3 is 2.60 bits per heavy atom. The molecule has 0 aliphatic heterocycles. The zero-order chi connectivity index (χ0) is 15.1. The van der Waals surface area contributed by atoms with Gasteiger partial charge in [0.15, 0.2) is 0 Å². The Morgan fingerprint density at radius 1 is 1.45 bits per heavy atom. The second-order valence-electron chi connectivity index (χ2n) is 4.49. The minimum atomic E-state index is -0.565. The Hall–Kier alpha value is -2.18. The number of carbonyl (C=O) groups excluding carboxylic acids is 1. The van der Waals surface area contributed by atoms with Gasteiger partial charge < -0.3 is 10.6 Å². The smallest absolute Gasteiger partial charge is 0.288 e. The number of nitrogens with one attached hydrogen (secondary N) is 2. The van der Waals surface area contributed by atoms with Crippen LogP contribution in [0.25, 0.3) is 0 Å². The fraction of sp³-hybridized carbons (Fsp3) is 0.538. The molecule has 7 nitrogen and oxygen atoms in total. The standard InChI is InChI=1S/C13H20N4O3/c1-4-9(5-2)7-16-13(18)11-6-10(17(19)20)8-15-12(11)14-3/h6,8-9H,4-5,7H2,1-3H3,(H,14,15)(H,16,18). The van der Waals surface area contributed by atoms with Crippen LogP contribution in [0.3, 0.4) is 0 Å². The van der Waals surface area contributed by atoms with E-state index in [1.807, 2.05) is 0 Å². The van der Waals surface area contributed by atoms with Crippen LogP contribution in [-0.2, 0) is 0 Å². The average Bonchev–Trinajstić information content (AvgIpc) is 2.47. The minimum Gasteiger partial charge on any atom is -0.372 e. The van der Waals surface area contributed by atoms with Gasteiger partial charge in [0, 0.05) is 19.7 Å². The molecule has 0 aliphatic carbocycles. The van der Waals surface area contributed by atoms with Gasteiger partial charge in [0.2, 0.25) is 0 Å². The van der Waals surface area contributed by atoms with Gasteiger partial charge in [-0.2, -0.15) is 0 Å². The van der Waals surface area contributed by atoms with Crippen molar-refractivity contribution in [3.05, 3.63) is 27.9 Å². The largest absolute Gasteiger partial charge is 0.372 e. The van der Waals surface area contributed by atoms with E-state index in [9.17, 15) is 14.9 Å². The zero-order valence-corrected chi connectivity index (χ0v) is 12.0. The molecule has 0 spiro atoms. The molecule has 2 N–H and O–H groups in total. The summed E-state index contributed by atoms with van der Waals surface area (Å²) in [6.45, 7) is 4.68. The Balaban J connectivity index is 2.90. The molecule has 20 heavy (non-hydrogen) atoms. The second kappa shape index (κ2) is 7.42. The molecule has 0 unspecified atom stereocenters. The van der Waals surface area contributed by atoms with Crippen LogP contribution in [0.1, 0.15) is 37.0 Å². The minimum absolute atomic E-state index is 0.188. The number of amides is 1. The molecule has 1 aromatic heterocycles. The lowest BCUT2D eigenvalue weighted by Crippen LogP contribution is -2.29. The van der Waals surface area contributed by atoms with Gasteiger partial charge in [0.05, 0.1) is 10.5 Å². The Kier molecular flexibility index (Phi) is 5.89. The summed E-state index contributed by atoms with van der Waals surface area (Å²) < 4.78 is 0. The molecule has 1 rings (SSSR count). The van der Waals surface area contributed by atoms with Gasteiger partial charge in [-0.05, 0) is 5.92 Å². The average molecular weight is 280 g/mol. The van der Waals surface area contributed by atoms with Crippen LogP contribution < -0.4 is 10.6 Å². The predicted octanol–water partition coefficient (Wildman–Crippen LogP) is 2.20. The highest BCUT2D eigenvalue weighted by molar-refractivity contribution is 5.99. The van der Waals surface area contributed by atoms with E-state index in [1.165, 1.54) is 6.07 Å². The third kappa shape index (κ3) is 3.91. The predicted molar refractivity (Wildman–Crippen MR) is 76.8 cm³/mol. The molecule has 0 saturated heterocycles. The lowest BCUT2D eigenvalue weighted by Gasteiger charge is -2.14. The summed E-state index contributed by atoms with van der Waals surface area (Å²) in [6, 6.07) is 1.24. The molecule has 0 atom stereocenters. The summed E-state index contributed by atoms with van der Waals surface area (Å²) in [7, 11) is 1.62. The van der Waals surface area contributed by atoms with Gasteiger partial charge in [-0.25, -0.2) is 4.98 Å². The monoisotopic (exact) mass is 280 g/mol. The molecule has 1 aromatic rings. The van der Waals surface area contributed by atoms with Crippen molar-refractivity contribution < 1.29 is 9.72 Å². The molecule has 1 heterocycles. The van der Waals surface area contributed by atoms with Crippen LogP contribution in [0.5, 0.6) is 0 Å². The van der Waals surface area contributed by atoms with Crippen molar-refractivity contribution >= 4 is 17.4 Å². The molecule has 0 bridgehead atoms. The number of hydrogen-bond donors (Lipinski definition) is 2. The molecule has 0 saturated carbocycles. The number of rotatable bonds is 7. The van der Waals surface area contributed by atoms with Crippen molar-refractivity contribution in [2.24, 2.45) is 5.92 Å². The Morgan fingerprint density at radius 2 is 2.10 bits per heavy atom. The van der Waals surface area contributed by atoms with Gasteiger partial charge in [-0.1, -0.05) is 26.7 Å². The summed E-state index contributed by atoms with van der Waals surface area (Å²) in [5, 5.41) is 16.3. The molecule has 7 heteroatoms. The second-order valence-corrected chi connectivity index (χ2v) is 4.49. The van der Waals surface area contributed by atoms with Crippen molar-refractivity contribution in [3.63, 3.8) is 0 Å². The van der Waals surface area contributed by atoms with Crippen molar-refractivity contribution in [2.75, 3.05) is 18.9 Å². The van der Waals surface area contributed by atoms with Gasteiger partial charge >= 0.3 is 0 Å². The number of nitrogens with zero attached hydrogens (tertiary/aromatic N) is 2. The summed E-state index contributed by atoms with van der Waals surface area (Å²) in [4.78, 5) is 26.2. The third-order valence-electron chi connectivity index (χ3n) is 3.27. The number of anilines is 1. The maximum atomic E-state index is 12.1. The van der Waals surface area contributed by atoms with Crippen LogP contribution >= 0.6 is 0 Å². The normalized spacial score (nSPS) is 10.4. The lowest BCUT2D eigenvalue weighted by atomic mass is 10.0. The first kappa shape index (κ1) is 15.9. The highest BCUT2D eigenvalue weighted by Crippen LogP contribution is 2.18. The third-order valence-corrected chi connectivity index (χ3v) is 3.27. The number of hydrogen-bond acceptors (Lipinski definition) is 5. The topological polar surface area (TPSA) is 97.2 Å². The molecule has 0 radical (unpaired) electrons. The van der Waals surface area contributed by atoms with E-state index >= 15 is 0 Å². The van der Waals surface area contributed by atoms with Crippen LogP contribution in [0, 0.1) is 16.0 Å². The number of aromatic nitrogens is 1. The van der Waals surface area contributed by atoms with E-state index in [-0.39, 0.29) is 17.2 Å². The van der Waals surface area contributed by atoms with Gasteiger partial charge in [-0.3, -0.25) is 14.9 Å². The first-order chi connectivity index (χ1) is 9.53. The van der Waals surface area contributed by atoms with E-state index in [2.05, 4.69) is 29.5 Å². The molecule has 0 aromatic carbocycles. The highest BCUT2D eigenvalue weighted by Gasteiger charge is 2.18. The van der Waals surface area contributed by atoms with Crippen LogP contribution in [0.4, 0.5) is 11.5 Å². The summed E-state index contributed by atoms with van der Waals surface area (Å²) >= 11 is 0.